The summed E-state index contributed by atoms with van der Waals surface area (Å²) in [5.74, 6) is -0.858. The maximum Gasteiger partial charge on any atom is 0.266 e. The lowest BCUT2D eigenvalue weighted by atomic mass is 10.2. The SMILES string of the molecule is O=C(CCCN1C(=O)/C(=C/c2ccccc2Cl)SC1=S)Nc1cccc(F)c1. The molecular weight excluding hydrogens is 419 g/mol. The van der Waals surface area contributed by atoms with Crippen molar-refractivity contribution < 1.29 is 14.0 Å². The monoisotopic (exact) mass is 434 g/mol. The van der Waals surface area contributed by atoms with Crippen molar-refractivity contribution in [2.24, 2.45) is 0 Å². The summed E-state index contributed by atoms with van der Waals surface area (Å²) in [7, 11) is 0. The van der Waals surface area contributed by atoms with Gasteiger partial charge in [0.2, 0.25) is 5.91 Å². The smallest absolute Gasteiger partial charge is 0.266 e. The Morgan fingerprint density at radius 2 is 2.04 bits per heavy atom. The molecule has 1 aliphatic heterocycles. The number of nitrogens with one attached hydrogen (secondary N) is 1. The van der Waals surface area contributed by atoms with Gasteiger partial charge in [-0.25, -0.2) is 4.39 Å². The van der Waals surface area contributed by atoms with E-state index in [0.717, 1.165) is 5.56 Å². The third-order valence-electron chi connectivity index (χ3n) is 3.96. The van der Waals surface area contributed by atoms with E-state index in [-0.39, 0.29) is 18.2 Å². The first-order valence-corrected chi connectivity index (χ1v) is 10.1. The Balaban J connectivity index is 1.55. The molecule has 0 spiro atoms. The van der Waals surface area contributed by atoms with Crippen molar-refractivity contribution in [3.63, 3.8) is 0 Å². The molecular formula is C20H16ClFN2O2S2. The van der Waals surface area contributed by atoms with Crippen LogP contribution in [0, 0.1) is 5.82 Å². The van der Waals surface area contributed by atoms with E-state index in [1.165, 1.54) is 34.9 Å². The van der Waals surface area contributed by atoms with Gasteiger partial charge in [-0.1, -0.05) is 59.8 Å². The van der Waals surface area contributed by atoms with Crippen molar-refractivity contribution in [2.45, 2.75) is 12.8 Å². The average molecular weight is 435 g/mol. The summed E-state index contributed by atoms with van der Waals surface area (Å²) in [6, 6.07) is 12.9. The first kappa shape index (κ1) is 20.5. The molecule has 1 heterocycles. The second kappa shape index (κ2) is 9.32. The lowest BCUT2D eigenvalue weighted by molar-refractivity contribution is -0.122. The summed E-state index contributed by atoms with van der Waals surface area (Å²) in [4.78, 5) is 26.6. The molecule has 0 aliphatic carbocycles. The van der Waals surface area contributed by atoms with Crippen molar-refractivity contribution >= 4 is 63.5 Å². The van der Waals surface area contributed by atoms with Gasteiger partial charge in [0.25, 0.3) is 5.91 Å². The van der Waals surface area contributed by atoms with E-state index in [1.807, 2.05) is 18.2 Å². The van der Waals surface area contributed by atoms with Gasteiger partial charge in [-0.2, -0.15) is 0 Å². The highest BCUT2D eigenvalue weighted by molar-refractivity contribution is 8.26. The van der Waals surface area contributed by atoms with Crippen molar-refractivity contribution in [2.75, 3.05) is 11.9 Å². The molecule has 0 aromatic heterocycles. The van der Waals surface area contributed by atoms with Crippen LogP contribution >= 0.6 is 35.6 Å². The molecule has 8 heteroatoms. The summed E-state index contributed by atoms with van der Waals surface area (Å²) in [6.45, 7) is 0.334. The standard InChI is InChI=1S/C20H16ClFN2O2S2/c21-16-8-2-1-5-13(16)11-17-19(26)24(20(27)28-17)10-4-9-18(25)23-15-7-3-6-14(22)12-15/h1-3,5-8,11-12H,4,9-10H2,(H,23,25)/b17-11-. The molecule has 1 saturated heterocycles. The highest BCUT2D eigenvalue weighted by atomic mass is 35.5. The maximum atomic E-state index is 13.2. The van der Waals surface area contributed by atoms with Crippen LogP contribution in [0.15, 0.2) is 53.4 Å². The van der Waals surface area contributed by atoms with Crippen LogP contribution in [-0.2, 0) is 9.59 Å². The molecule has 0 saturated carbocycles. The van der Waals surface area contributed by atoms with Gasteiger partial charge in [0.15, 0.2) is 0 Å². The quantitative estimate of drug-likeness (QED) is 0.507. The minimum absolute atomic E-state index is 0.192. The van der Waals surface area contributed by atoms with Gasteiger partial charge in [0.1, 0.15) is 10.1 Å². The lowest BCUT2D eigenvalue weighted by Gasteiger charge is -2.14. The van der Waals surface area contributed by atoms with Crippen molar-refractivity contribution in [1.82, 2.24) is 4.90 Å². The first-order chi connectivity index (χ1) is 13.4. The van der Waals surface area contributed by atoms with E-state index < -0.39 is 5.82 Å². The summed E-state index contributed by atoms with van der Waals surface area (Å²) in [5.41, 5.74) is 1.15. The Morgan fingerprint density at radius 3 is 2.79 bits per heavy atom. The van der Waals surface area contributed by atoms with Crippen LogP contribution < -0.4 is 5.32 Å². The number of amides is 2. The number of hydrogen-bond donors (Lipinski definition) is 1. The Hall–Kier alpha value is -2.22. The molecule has 28 heavy (non-hydrogen) atoms. The molecule has 3 rings (SSSR count). The maximum absolute atomic E-state index is 13.2. The molecule has 4 nitrogen and oxygen atoms in total. The van der Waals surface area contributed by atoms with E-state index >= 15 is 0 Å². The molecule has 0 unspecified atom stereocenters. The lowest BCUT2D eigenvalue weighted by Crippen LogP contribution is -2.29. The van der Waals surface area contributed by atoms with Crippen LogP contribution in [-0.4, -0.2) is 27.6 Å². The first-order valence-electron chi connectivity index (χ1n) is 8.49. The number of halogens is 2. The number of hydrogen-bond acceptors (Lipinski definition) is 4. The summed E-state index contributed by atoms with van der Waals surface area (Å²) in [6.07, 6.45) is 2.35. The van der Waals surface area contributed by atoms with Gasteiger partial charge in [0, 0.05) is 23.7 Å². The molecule has 1 N–H and O–H groups in total. The summed E-state index contributed by atoms with van der Waals surface area (Å²) < 4.78 is 13.6. The van der Waals surface area contributed by atoms with Crippen LogP contribution in [0.2, 0.25) is 5.02 Å². The van der Waals surface area contributed by atoms with Crippen LogP contribution in [0.25, 0.3) is 6.08 Å². The Bertz CT molecular complexity index is 965. The summed E-state index contributed by atoms with van der Waals surface area (Å²) >= 11 is 12.6. The number of thioether (sulfide) groups is 1. The van der Waals surface area contributed by atoms with E-state index in [4.69, 9.17) is 23.8 Å². The van der Waals surface area contributed by atoms with E-state index in [1.54, 1.807) is 18.2 Å². The molecule has 1 aliphatic rings. The van der Waals surface area contributed by atoms with Crippen LogP contribution in [0.3, 0.4) is 0 Å². The minimum Gasteiger partial charge on any atom is -0.326 e. The topological polar surface area (TPSA) is 49.4 Å². The van der Waals surface area contributed by atoms with E-state index in [0.29, 0.717) is 32.9 Å². The Labute approximate surface area is 176 Å². The fraction of sp³-hybridized carbons (Fsp3) is 0.150. The van der Waals surface area contributed by atoms with Gasteiger partial charge < -0.3 is 5.32 Å². The van der Waals surface area contributed by atoms with Gasteiger partial charge in [-0.15, -0.1) is 0 Å². The Kier molecular flexibility index (Phi) is 6.83. The number of carbonyl (C=O) groups is 2. The highest BCUT2D eigenvalue weighted by Gasteiger charge is 2.31. The normalized spacial score (nSPS) is 15.4. The predicted octanol–water partition coefficient (Wildman–Crippen LogP) is 5.10. The fourth-order valence-corrected chi connectivity index (χ4v) is 4.10. The molecule has 1 fully saturated rings. The molecule has 0 atom stereocenters. The second-order valence-corrected chi connectivity index (χ2v) is 8.10. The molecule has 2 aromatic carbocycles. The molecule has 2 amide bonds. The third-order valence-corrected chi connectivity index (χ3v) is 5.68. The van der Waals surface area contributed by atoms with Crippen molar-refractivity contribution in [3.8, 4) is 0 Å². The van der Waals surface area contributed by atoms with Gasteiger partial charge in [-0.3, -0.25) is 14.5 Å². The van der Waals surface area contributed by atoms with Gasteiger partial charge in [-0.05, 0) is 42.3 Å². The zero-order chi connectivity index (χ0) is 20.1. The van der Waals surface area contributed by atoms with Crippen molar-refractivity contribution in [1.29, 1.82) is 0 Å². The number of benzene rings is 2. The van der Waals surface area contributed by atoms with Gasteiger partial charge in [0.05, 0.1) is 4.91 Å². The molecule has 2 aromatic rings. The second-order valence-electron chi connectivity index (χ2n) is 6.02. The number of thiocarbonyl (C=S) groups is 1. The fourth-order valence-electron chi connectivity index (χ4n) is 2.61. The summed E-state index contributed by atoms with van der Waals surface area (Å²) in [5, 5.41) is 3.19. The molecule has 0 radical (unpaired) electrons. The number of rotatable bonds is 6. The van der Waals surface area contributed by atoms with Crippen LogP contribution in [0.4, 0.5) is 10.1 Å². The number of anilines is 1. The molecule has 144 valence electrons. The average Bonchev–Trinajstić information content (AvgIpc) is 2.91. The zero-order valence-electron chi connectivity index (χ0n) is 14.7. The number of carbonyl (C=O) groups excluding carboxylic acids is 2. The largest absolute Gasteiger partial charge is 0.326 e. The van der Waals surface area contributed by atoms with Crippen LogP contribution in [0.1, 0.15) is 18.4 Å². The Morgan fingerprint density at radius 1 is 1.25 bits per heavy atom. The zero-order valence-corrected chi connectivity index (χ0v) is 17.0. The highest BCUT2D eigenvalue weighted by Crippen LogP contribution is 2.33. The van der Waals surface area contributed by atoms with E-state index in [9.17, 15) is 14.0 Å². The predicted molar refractivity (Wildman–Crippen MR) is 116 cm³/mol. The molecule has 0 bridgehead atoms. The van der Waals surface area contributed by atoms with Crippen molar-refractivity contribution in [3.05, 3.63) is 69.8 Å². The van der Waals surface area contributed by atoms with Gasteiger partial charge >= 0.3 is 0 Å². The van der Waals surface area contributed by atoms with Crippen LogP contribution in [0.5, 0.6) is 0 Å². The number of nitrogens with zero attached hydrogens (tertiary/aromatic N) is 1. The third kappa shape index (κ3) is 5.19. The minimum atomic E-state index is -0.416. The van der Waals surface area contributed by atoms with E-state index in [2.05, 4.69) is 5.32 Å².